The molecule has 3 rings (SSSR count). The maximum absolute atomic E-state index is 12.6. The van der Waals surface area contributed by atoms with E-state index in [0.29, 0.717) is 17.1 Å². The third-order valence-electron chi connectivity index (χ3n) is 4.52. The molecule has 0 bridgehead atoms. The van der Waals surface area contributed by atoms with Gasteiger partial charge in [-0.05, 0) is 44.0 Å². The number of rotatable bonds is 7. The number of anilines is 1. The fourth-order valence-corrected chi connectivity index (χ4v) is 3.01. The van der Waals surface area contributed by atoms with E-state index in [1.165, 1.54) is 10.9 Å². The molecule has 2 aromatic heterocycles. The van der Waals surface area contributed by atoms with Crippen molar-refractivity contribution >= 4 is 17.6 Å². The fourth-order valence-electron chi connectivity index (χ4n) is 3.01. The van der Waals surface area contributed by atoms with Crippen molar-refractivity contribution in [3.63, 3.8) is 0 Å². The molecule has 28 heavy (non-hydrogen) atoms. The predicted octanol–water partition coefficient (Wildman–Crippen LogP) is 3.08. The van der Waals surface area contributed by atoms with Crippen molar-refractivity contribution in [3.05, 3.63) is 53.6 Å². The molecule has 0 saturated heterocycles. The smallest absolute Gasteiger partial charge is 0.358 e. The van der Waals surface area contributed by atoms with Gasteiger partial charge in [0.1, 0.15) is 0 Å². The highest BCUT2D eigenvalue weighted by Crippen LogP contribution is 2.19. The fraction of sp³-hybridized carbons (Fsp3) is 0.316. The maximum atomic E-state index is 12.6. The van der Waals surface area contributed by atoms with Gasteiger partial charge in [-0.1, -0.05) is 25.1 Å². The van der Waals surface area contributed by atoms with Crippen LogP contribution in [0.4, 0.5) is 5.69 Å². The second-order valence-electron chi connectivity index (χ2n) is 6.44. The Morgan fingerprint density at radius 2 is 1.93 bits per heavy atom. The third-order valence-corrected chi connectivity index (χ3v) is 4.52. The van der Waals surface area contributed by atoms with Gasteiger partial charge in [-0.3, -0.25) is 9.48 Å². The topological polar surface area (TPSA) is 115 Å². The third kappa shape index (κ3) is 3.93. The summed E-state index contributed by atoms with van der Waals surface area (Å²) in [6, 6.07) is 8.93. The first-order valence-electron chi connectivity index (χ1n) is 9.06. The number of carbonyl (C=O) groups excluding carboxylic acids is 1. The molecule has 0 aliphatic carbocycles. The van der Waals surface area contributed by atoms with Gasteiger partial charge < -0.3 is 10.4 Å². The Hall–Kier alpha value is -3.49. The van der Waals surface area contributed by atoms with E-state index in [1.807, 2.05) is 11.6 Å². The number of hydrogen-bond acceptors (Lipinski definition) is 5. The molecule has 1 aromatic carbocycles. The molecular weight excluding hydrogens is 360 g/mol. The van der Waals surface area contributed by atoms with Crippen LogP contribution in [0.2, 0.25) is 0 Å². The number of benzene rings is 1. The maximum Gasteiger partial charge on any atom is 0.358 e. The Labute approximate surface area is 162 Å². The average molecular weight is 382 g/mol. The lowest BCUT2D eigenvalue weighted by Crippen LogP contribution is -2.15. The highest BCUT2D eigenvalue weighted by molar-refractivity contribution is 6.03. The summed E-state index contributed by atoms with van der Waals surface area (Å²) < 4.78 is 3.24. The molecule has 0 atom stereocenters. The van der Waals surface area contributed by atoms with E-state index in [2.05, 4.69) is 34.6 Å². The van der Waals surface area contributed by atoms with Gasteiger partial charge in [-0.25, -0.2) is 9.48 Å². The predicted molar refractivity (Wildman–Crippen MR) is 103 cm³/mol. The van der Waals surface area contributed by atoms with Gasteiger partial charge >= 0.3 is 5.97 Å². The van der Waals surface area contributed by atoms with E-state index in [-0.39, 0.29) is 17.6 Å². The summed E-state index contributed by atoms with van der Waals surface area (Å²) in [5.74, 6) is -1.46. The lowest BCUT2D eigenvalue weighted by atomic mass is 10.2. The summed E-state index contributed by atoms with van der Waals surface area (Å²) in [6.07, 6.45) is 3.20. The van der Waals surface area contributed by atoms with Gasteiger partial charge in [-0.2, -0.15) is 5.10 Å². The summed E-state index contributed by atoms with van der Waals surface area (Å²) in [7, 11) is 0. The number of hydrogen-bond donors (Lipinski definition) is 2. The number of aromatic carboxylic acids is 1. The Kier molecular flexibility index (Phi) is 5.53. The van der Waals surface area contributed by atoms with Gasteiger partial charge in [0.05, 0.1) is 17.9 Å². The quantitative estimate of drug-likeness (QED) is 0.649. The Balaban J connectivity index is 1.79. The standard InChI is InChI=1S/C19H22N6O3/c1-4-14(5-2)25-12(3)9-16(22-25)18(26)20-13-7-6-8-15(10-13)24-11-17(19(27)28)21-23-24/h6-11,14H,4-5H2,1-3H3,(H,20,26)(H,27,28). The van der Waals surface area contributed by atoms with Crippen LogP contribution in [0.1, 0.15) is 59.4 Å². The van der Waals surface area contributed by atoms with Gasteiger partial charge in [0.15, 0.2) is 11.4 Å². The van der Waals surface area contributed by atoms with Crippen LogP contribution < -0.4 is 5.32 Å². The summed E-state index contributed by atoms with van der Waals surface area (Å²) in [5, 5.41) is 23.6. The molecule has 0 aliphatic rings. The molecule has 0 spiro atoms. The van der Waals surface area contributed by atoms with Crippen molar-refractivity contribution in [3.8, 4) is 5.69 Å². The second-order valence-corrected chi connectivity index (χ2v) is 6.44. The van der Waals surface area contributed by atoms with Gasteiger partial charge in [0, 0.05) is 11.4 Å². The monoisotopic (exact) mass is 382 g/mol. The van der Waals surface area contributed by atoms with Crippen LogP contribution in [-0.4, -0.2) is 41.8 Å². The highest BCUT2D eigenvalue weighted by atomic mass is 16.4. The highest BCUT2D eigenvalue weighted by Gasteiger charge is 2.17. The van der Waals surface area contributed by atoms with Crippen molar-refractivity contribution in [2.45, 2.75) is 39.7 Å². The molecule has 0 aliphatic heterocycles. The molecule has 0 radical (unpaired) electrons. The average Bonchev–Trinajstić information content (AvgIpc) is 3.31. The number of aryl methyl sites for hydroxylation is 1. The Bertz CT molecular complexity index is 1000. The van der Waals surface area contributed by atoms with E-state index >= 15 is 0 Å². The van der Waals surface area contributed by atoms with Gasteiger partial charge in [0.2, 0.25) is 0 Å². The second kappa shape index (κ2) is 8.03. The summed E-state index contributed by atoms with van der Waals surface area (Å²) in [4.78, 5) is 23.6. The van der Waals surface area contributed by atoms with Crippen LogP contribution in [0.25, 0.3) is 5.69 Å². The van der Waals surface area contributed by atoms with Gasteiger partial charge in [0.25, 0.3) is 5.91 Å². The molecule has 3 aromatic rings. The lowest BCUT2D eigenvalue weighted by molar-refractivity contribution is 0.0690. The molecule has 146 valence electrons. The molecule has 9 heteroatoms. The van der Waals surface area contributed by atoms with Crippen LogP contribution >= 0.6 is 0 Å². The number of carboxylic acids is 1. The van der Waals surface area contributed by atoms with Crippen LogP contribution in [0.15, 0.2) is 36.5 Å². The zero-order valence-corrected chi connectivity index (χ0v) is 16.0. The SMILES string of the molecule is CCC(CC)n1nc(C(=O)Nc2cccc(-n3cc(C(=O)O)nn3)c2)cc1C. The minimum Gasteiger partial charge on any atom is -0.476 e. The first-order chi connectivity index (χ1) is 13.4. The number of carbonyl (C=O) groups is 2. The van der Waals surface area contributed by atoms with Crippen LogP contribution in [-0.2, 0) is 0 Å². The number of carboxylic acid groups (broad SMARTS) is 1. The van der Waals surface area contributed by atoms with E-state index in [9.17, 15) is 9.59 Å². The first-order valence-corrected chi connectivity index (χ1v) is 9.06. The van der Waals surface area contributed by atoms with E-state index in [4.69, 9.17) is 5.11 Å². The van der Waals surface area contributed by atoms with Crippen molar-refractivity contribution in [1.82, 2.24) is 24.8 Å². The van der Waals surface area contributed by atoms with Crippen molar-refractivity contribution in [2.75, 3.05) is 5.32 Å². The minimum atomic E-state index is -1.15. The van der Waals surface area contributed by atoms with Crippen molar-refractivity contribution < 1.29 is 14.7 Å². The normalized spacial score (nSPS) is 11.0. The largest absolute Gasteiger partial charge is 0.476 e. The molecule has 1 amide bonds. The Morgan fingerprint density at radius 3 is 2.57 bits per heavy atom. The van der Waals surface area contributed by atoms with Crippen LogP contribution in [0.3, 0.4) is 0 Å². The van der Waals surface area contributed by atoms with E-state index < -0.39 is 5.97 Å². The molecular formula is C19H22N6O3. The van der Waals surface area contributed by atoms with Crippen molar-refractivity contribution in [2.24, 2.45) is 0 Å². The molecule has 0 unspecified atom stereocenters. The van der Waals surface area contributed by atoms with Crippen LogP contribution in [0.5, 0.6) is 0 Å². The molecule has 9 nitrogen and oxygen atoms in total. The number of amides is 1. The minimum absolute atomic E-state index is 0.156. The summed E-state index contributed by atoms with van der Waals surface area (Å²) >= 11 is 0. The molecule has 0 fully saturated rings. The summed E-state index contributed by atoms with van der Waals surface area (Å²) in [5.41, 5.74) is 2.26. The molecule has 2 heterocycles. The van der Waals surface area contributed by atoms with Gasteiger partial charge in [-0.15, -0.1) is 5.10 Å². The Morgan fingerprint density at radius 1 is 1.18 bits per heavy atom. The van der Waals surface area contributed by atoms with Crippen molar-refractivity contribution in [1.29, 1.82) is 0 Å². The first kappa shape index (κ1) is 19.3. The van der Waals surface area contributed by atoms with E-state index in [1.54, 1.807) is 30.3 Å². The number of nitrogens with zero attached hydrogens (tertiary/aromatic N) is 5. The lowest BCUT2D eigenvalue weighted by Gasteiger charge is -2.14. The van der Waals surface area contributed by atoms with Crippen LogP contribution in [0, 0.1) is 6.92 Å². The number of nitrogens with one attached hydrogen (secondary N) is 1. The number of aromatic nitrogens is 5. The molecule has 0 saturated carbocycles. The zero-order chi connectivity index (χ0) is 20.3. The zero-order valence-electron chi connectivity index (χ0n) is 16.0. The van der Waals surface area contributed by atoms with E-state index in [0.717, 1.165) is 18.5 Å². The summed E-state index contributed by atoms with van der Waals surface area (Å²) in [6.45, 7) is 6.13. The molecule has 2 N–H and O–H groups in total.